The van der Waals surface area contributed by atoms with Crippen LogP contribution in [0, 0.1) is 0 Å². The molecule has 0 saturated heterocycles. The molecule has 0 aromatic carbocycles. The van der Waals surface area contributed by atoms with Crippen LogP contribution in [0.4, 0.5) is 0 Å². The Morgan fingerprint density at radius 2 is 2.24 bits per heavy atom. The third kappa shape index (κ3) is 3.95. The molecule has 2 rings (SSSR count). The van der Waals surface area contributed by atoms with Gasteiger partial charge in [-0.05, 0) is 59.6 Å². The molecular formula is C14H19NS2. The van der Waals surface area contributed by atoms with Gasteiger partial charge in [0.05, 0.1) is 0 Å². The number of hydrogen-bond acceptors (Lipinski definition) is 3. The van der Waals surface area contributed by atoms with Crippen molar-refractivity contribution < 1.29 is 0 Å². The second kappa shape index (κ2) is 6.94. The number of hydrogen-bond donors (Lipinski definition) is 1. The zero-order valence-corrected chi connectivity index (χ0v) is 11.8. The fourth-order valence-corrected chi connectivity index (χ4v) is 3.44. The summed E-state index contributed by atoms with van der Waals surface area (Å²) in [6.45, 7) is 3.32. The van der Waals surface area contributed by atoms with Crippen LogP contribution in [0.15, 0.2) is 34.3 Å². The Morgan fingerprint density at radius 3 is 2.88 bits per heavy atom. The molecule has 0 saturated carbocycles. The van der Waals surface area contributed by atoms with Gasteiger partial charge in [0.25, 0.3) is 0 Å². The summed E-state index contributed by atoms with van der Waals surface area (Å²) in [6, 6.07) is 7.14. The molecule has 0 fully saturated rings. The van der Waals surface area contributed by atoms with E-state index in [4.69, 9.17) is 0 Å². The predicted octanol–water partition coefficient (Wildman–Crippen LogP) is 4.48. The minimum absolute atomic E-state index is 0.523. The summed E-state index contributed by atoms with van der Waals surface area (Å²) in [6.07, 6.45) is 3.56. The van der Waals surface area contributed by atoms with Gasteiger partial charge < -0.3 is 5.32 Å². The van der Waals surface area contributed by atoms with Crippen molar-refractivity contribution in [3.63, 3.8) is 0 Å². The number of rotatable bonds is 7. The lowest BCUT2D eigenvalue weighted by Crippen LogP contribution is -2.21. The molecule has 1 unspecified atom stereocenters. The van der Waals surface area contributed by atoms with Crippen molar-refractivity contribution in [3.05, 3.63) is 44.8 Å². The molecule has 0 radical (unpaired) electrons. The SMILES string of the molecule is CCCNC(CCc1ccsc1)c1cccs1. The van der Waals surface area contributed by atoms with E-state index in [1.807, 2.05) is 11.3 Å². The number of aryl methyl sites for hydroxylation is 1. The van der Waals surface area contributed by atoms with Gasteiger partial charge in [-0.2, -0.15) is 11.3 Å². The Hall–Kier alpha value is -0.640. The summed E-state index contributed by atoms with van der Waals surface area (Å²) in [4.78, 5) is 1.47. The lowest BCUT2D eigenvalue weighted by atomic mass is 10.1. The third-order valence-corrected chi connectivity index (χ3v) is 4.55. The Morgan fingerprint density at radius 1 is 1.29 bits per heavy atom. The van der Waals surface area contributed by atoms with Crippen molar-refractivity contribution in [3.8, 4) is 0 Å². The zero-order valence-electron chi connectivity index (χ0n) is 10.2. The molecule has 1 nitrogen and oxygen atoms in total. The lowest BCUT2D eigenvalue weighted by molar-refractivity contribution is 0.506. The van der Waals surface area contributed by atoms with E-state index in [1.54, 1.807) is 11.3 Å². The maximum absolute atomic E-state index is 3.65. The van der Waals surface area contributed by atoms with Gasteiger partial charge in [0.15, 0.2) is 0 Å². The normalized spacial score (nSPS) is 12.8. The molecule has 0 aliphatic heterocycles. The fraction of sp³-hybridized carbons (Fsp3) is 0.429. The van der Waals surface area contributed by atoms with E-state index >= 15 is 0 Å². The average molecular weight is 265 g/mol. The predicted molar refractivity (Wildman–Crippen MR) is 78.0 cm³/mol. The van der Waals surface area contributed by atoms with E-state index in [0.717, 1.165) is 6.54 Å². The molecule has 2 aromatic heterocycles. The minimum atomic E-state index is 0.523. The largest absolute Gasteiger partial charge is 0.309 e. The van der Waals surface area contributed by atoms with Crippen LogP contribution in [0.1, 0.15) is 36.2 Å². The standard InChI is InChI=1S/C14H19NS2/c1-2-8-15-13(14-4-3-9-17-14)6-5-12-7-10-16-11-12/h3-4,7,9-11,13,15H,2,5-6,8H2,1H3. The van der Waals surface area contributed by atoms with Crippen LogP contribution in [0.5, 0.6) is 0 Å². The van der Waals surface area contributed by atoms with Gasteiger partial charge >= 0.3 is 0 Å². The van der Waals surface area contributed by atoms with Crippen molar-refractivity contribution in [2.24, 2.45) is 0 Å². The minimum Gasteiger partial charge on any atom is -0.309 e. The van der Waals surface area contributed by atoms with Gasteiger partial charge in [-0.15, -0.1) is 11.3 Å². The average Bonchev–Trinajstić information content (AvgIpc) is 3.01. The first-order chi connectivity index (χ1) is 8.40. The summed E-state index contributed by atoms with van der Waals surface area (Å²) in [5.74, 6) is 0. The van der Waals surface area contributed by atoms with Gasteiger partial charge in [0, 0.05) is 10.9 Å². The lowest BCUT2D eigenvalue weighted by Gasteiger charge is -2.16. The molecule has 0 aliphatic rings. The first-order valence-corrected chi connectivity index (χ1v) is 8.00. The maximum Gasteiger partial charge on any atom is 0.0417 e. The molecule has 0 bridgehead atoms. The van der Waals surface area contributed by atoms with Crippen LogP contribution in [-0.4, -0.2) is 6.54 Å². The molecule has 0 amide bonds. The second-order valence-electron chi connectivity index (χ2n) is 4.19. The van der Waals surface area contributed by atoms with E-state index in [0.29, 0.717) is 6.04 Å². The van der Waals surface area contributed by atoms with Crippen molar-refractivity contribution in [1.29, 1.82) is 0 Å². The molecule has 92 valence electrons. The van der Waals surface area contributed by atoms with Crippen LogP contribution in [0.2, 0.25) is 0 Å². The highest BCUT2D eigenvalue weighted by Crippen LogP contribution is 2.24. The molecule has 17 heavy (non-hydrogen) atoms. The van der Waals surface area contributed by atoms with Gasteiger partial charge in [-0.25, -0.2) is 0 Å². The smallest absolute Gasteiger partial charge is 0.0417 e. The van der Waals surface area contributed by atoms with E-state index < -0.39 is 0 Å². The Kier molecular flexibility index (Phi) is 5.23. The van der Waals surface area contributed by atoms with E-state index in [2.05, 4.69) is 46.6 Å². The van der Waals surface area contributed by atoms with Gasteiger partial charge in [0.2, 0.25) is 0 Å². The van der Waals surface area contributed by atoms with Crippen molar-refractivity contribution in [1.82, 2.24) is 5.32 Å². The quantitative estimate of drug-likeness (QED) is 0.778. The maximum atomic E-state index is 3.65. The second-order valence-corrected chi connectivity index (χ2v) is 5.95. The van der Waals surface area contributed by atoms with Gasteiger partial charge in [-0.3, -0.25) is 0 Å². The molecule has 3 heteroatoms. The van der Waals surface area contributed by atoms with Gasteiger partial charge in [0.1, 0.15) is 0 Å². The van der Waals surface area contributed by atoms with Crippen LogP contribution < -0.4 is 5.32 Å². The first kappa shape index (κ1) is 12.8. The van der Waals surface area contributed by atoms with Crippen molar-refractivity contribution in [2.75, 3.05) is 6.54 Å². The zero-order chi connectivity index (χ0) is 11.9. The summed E-state index contributed by atoms with van der Waals surface area (Å²) in [5.41, 5.74) is 1.47. The van der Waals surface area contributed by atoms with Crippen LogP contribution >= 0.6 is 22.7 Å². The van der Waals surface area contributed by atoms with Crippen LogP contribution in [-0.2, 0) is 6.42 Å². The van der Waals surface area contributed by atoms with Crippen molar-refractivity contribution in [2.45, 2.75) is 32.2 Å². The number of nitrogens with one attached hydrogen (secondary N) is 1. The monoisotopic (exact) mass is 265 g/mol. The van der Waals surface area contributed by atoms with E-state index in [9.17, 15) is 0 Å². The van der Waals surface area contributed by atoms with Crippen LogP contribution in [0.3, 0.4) is 0 Å². The highest BCUT2D eigenvalue weighted by molar-refractivity contribution is 7.10. The molecular weight excluding hydrogens is 246 g/mol. The summed E-state index contributed by atoms with van der Waals surface area (Å²) in [5, 5.41) is 10.2. The topological polar surface area (TPSA) is 12.0 Å². The van der Waals surface area contributed by atoms with Gasteiger partial charge in [-0.1, -0.05) is 13.0 Å². The third-order valence-electron chi connectivity index (χ3n) is 2.83. The molecule has 1 N–H and O–H groups in total. The summed E-state index contributed by atoms with van der Waals surface area (Å²) < 4.78 is 0. The summed E-state index contributed by atoms with van der Waals surface area (Å²) >= 11 is 3.65. The highest BCUT2D eigenvalue weighted by Gasteiger charge is 2.11. The molecule has 2 aromatic rings. The van der Waals surface area contributed by atoms with Crippen LogP contribution in [0.25, 0.3) is 0 Å². The van der Waals surface area contributed by atoms with Crippen molar-refractivity contribution >= 4 is 22.7 Å². The molecule has 0 aliphatic carbocycles. The Labute approximate surface area is 112 Å². The molecule has 0 spiro atoms. The molecule has 1 atom stereocenters. The highest BCUT2D eigenvalue weighted by atomic mass is 32.1. The summed E-state index contributed by atoms with van der Waals surface area (Å²) in [7, 11) is 0. The first-order valence-electron chi connectivity index (χ1n) is 6.18. The van der Waals surface area contributed by atoms with E-state index in [1.165, 1.54) is 29.7 Å². The molecule has 2 heterocycles. The Bertz CT molecular complexity index is 392. The number of thiophene rings is 2. The van der Waals surface area contributed by atoms with E-state index in [-0.39, 0.29) is 0 Å². The fourth-order valence-electron chi connectivity index (χ4n) is 1.90. The Balaban J connectivity index is 1.91.